The average molecular weight is 420 g/mol. The van der Waals surface area contributed by atoms with Gasteiger partial charge in [0.2, 0.25) is 6.79 Å². The van der Waals surface area contributed by atoms with Crippen molar-refractivity contribution in [2.24, 2.45) is 0 Å². The number of benzene rings is 2. The van der Waals surface area contributed by atoms with Gasteiger partial charge in [0.1, 0.15) is 0 Å². The summed E-state index contributed by atoms with van der Waals surface area (Å²) >= 11 is 0. The molecule has 5 rings (SSSR count). The van der Waals surface area contributed by atoms with E-state index in [4.69, 9.17) is 19.3 Å². The summed E-state index contributed by atoms with van der Waals surface area (Å²) in [6.07, 6.45) is 7.02. The van der Waals surface area contributed by atoms with Crippen LogP contribution in [-0.4, -0.2) is 47.8 Å². The first-order chi connectivity index (χ1) is 15.3. The van der Waals surface area contributed by atoms with E-state index in [2.05, 4.69) is 29.3 Å². The van der Waals surface area contributed by atoms with Gasteiger partial charge in [0.15, 0.2) is 11.5 Å². The van der Waals surface area contributed by atoms with E-state index in [-0.39, 0.29) is 6.79 Å². The molecule has 2 aliphatic heterocycles. The Morgan fingerprint density at radius 2 is 1.94 bits per heavy atom. The summed E-state index contributed by atoms with van der Waals surface area (Å²) in [7, 11) is 1.79. The van der Waals surface area contributed by atoms with Crippen LogP contribution >= 0.6 is 0 Å². The van der Waals surface area contributed by atoms with Gasteiger partial charge in [0, 0.05) is 43.6 Å². The van der Waals surface area contributed by atoms with Crippen molar-refractivity contribution >= 4 is 0 Å². The van der Waals surface area contributed by atoms with E-state index in [1.807, 2.05) is 35.0 Å². The zero-order chi connectivity index (χ0) is 21.0. The predicted octanol–water partition coefficient (Wildman–Crippen LogP) is 4.66. The van der Waals surface area contributed by atoms with Crippen molar-refractivity contribution < 1.29 is 14.2 Å². The molecule has 1 saturated heterocycles. The van der Waals surface area contributed by atoms with Gasteiger partial charge in [-0.3, -0.25) is 4.90 Å². The number of ether oxygens (including phenoxy) is 3. The van der Waals surface area contributed by atoms with Crippen LogP contribution in [0, 0.1) is 0 Å². The normalized spacial score (nSPS) is 18.4. The molecule has 1 fully saturated rings. The van der Waals surface area contributed by atoms with Gasteiger partial charge in [-0.05, 0) is 56.1 Å². The van der Waals surface area contributed by atoms with Gasteiger partial charge < -0.3 is 14.2 Å². The lowest BCUT2D eigenvalue weighted by atomic mass is 9.98. The van der Waals surface area contributed by atoms with Crippen LogP contribution in [0.25, 0.3) is 16.9 Å². The van der Waals surface area contributed by atoms with Crippen molar-refractivity contribution in [1.29, 1.82) is 0 Å². The Bertz CT molecular complexity index is 1020. The predicted molar refractivity (Wildman–Crippen MR) is 120 cm³/mol. The lowest BCUT2D eigenvalue weighted by molar-refractivity contribution is 0.0975. The number of aromatic nitrogens is 2. The molecule has 0 amide bonds. The van der Waals surface area contributed by atoms with Gasteiger partial charge in [0.25, 0.3) is 0 Å². The Labute approximate surface area is 183 Å². The topological polar surface area (TPSA) is 48.8 Å². The minimum absolute atomic E-state index is 0.277. The third-order valence-corrected chi connectivity index (χ3v) is 6.23. The first-order valence-electron chi connectivity index (χ1n) is 11.1. The van der Waals surface area contributed by atoms with Gasteiger partial charge in [-0.25, -0.2) is 4.68 Å². The quantitative estimate of drug-likeness (QED) is 0.558. The molecule has 2 aromatic carbocycles. The Morgan fingerprint density at radius 1 is 1.06 bits per heavy atom. The van der Waals surface area contributed by atoms with Gasteiger partial charge in [0.05, 0.1) is 11.4 Å². The Balaban J connectivity index is 1.50. The number of fused-ring (bicyclic) bond motifs is 1. The molecule has 0 unspecified atom stereocenters. The highest BCUT2D eigenvalue weighted by Crippen LogP contribution is 2.37. The van der Waals surface area contributed by atoms with Crippen LogP contribution in [0.15, 0.2) is 54.7 Å². The van der Waals surface area contributed by atoms with Crippen molar-refractivity contribution in [3.63, 3.8) is 0 Å². The number of piperidine rings is 1. The van der Waals surface area contributed by atoms with Crippen LogP contribution in [0.5, 0.6) is 11.5 Å². The molecular formula is C25H29N3O3. The van der Waals surface area contributed by atoms with Crippen LogP contribution in [0.4, 0.5) is 0 Å². The number of para-hydroxylation sites is 1. The third kappa shape index (κ3) is 4.31. The largest absolute Gasteiger partial charge is 0.454 e. The highest BCUT2D eigenvalue weighted by molar-refractivity contribution is 5.67. The standard InChI is InChI=1S/C25H29N3O3/c1-29-14-12-21-7-5-6-13-27(21)16-20-17-28(22-8-3-2-4-9-22)26-25(20)19-10-11-23-24(15-19)31-18-30-23/h2-4,8-11,15,17,21H,5-7,12-14,16,18H2,1H3/t21-/m0/s1. The zero-order valence-electron chi connectivity index (χ0n) is 18.0. The Morgan fingerprint density at radius 3 is 2.81 bits per heavy atom. The molecule has 6 nitrogen and oxygen atoms in total. The highest BCUT2D eigenvalue weighted by Gasteiger charge is 2.25. The number of likely N-dealkylation sites (tertiary alicyclic amines) is 1. The second kappa shape index (κ2) is 9.12. The molecule has 0 radical (unpaired) electrons. The number of nitrogens with zero attached hydrogens (tertiary/aromatic N) is 3. The maximum absolute atomic E-state index is 5.62. The Kier molecular flexibility index (Phi) is 5.91. The van der Waals surface area contributed by atoms with E-state index >= 15 is 0 Å². The van der Waals surface area contributed by atoms with Gasteiger partial charge in [-0.2, -0.15) is 5.10 Å². The minimum atomic E-state index is 0.277. The van der Waals surface area contributed by atoms with E-state index in [1.54, 1.807) is 7.11 Å². The molecule has 0 spiro atoms. The van der Waals surface area contributed by atoms with Crippen LogP contribution < -0.4 is 9.47 Å². The van der Waals surface area contributed by atoms with Crippen LogP contribution in [0.3, 0.4) is 0 Å². The first kappa shape index (κ1) is 20.1. The fourth-order valence-electron chi connectivity index (χ4n) is 4.59. The molecule has 3 heterocycles. The first-order valence-corrected chi connectivity index (χ1v) is 11.1. The van der Waals surface area contributed by atoms with Crippen molar-refractivity contribution in [3.8, 4) is 28.4 Å². The lowest BCUT2D eigenvalue weighted by Crippen LogP contribution is -2.39. The smallest absolute Gasteiger partial charge is 0.231 e. The van der Waals surface area contributed by atoms with E-state index in [1.165, 1.54) is 24.8 Å². The molecule has 0 aliphatic carbocycles. The number of hydrogen-bond acceptors (Lipinski definition) is 5. The van der Waals surface area contributed by atoms with Crippen molar-refractivity contribution in [3.05, 3.63) is 60.3 Å². The summed E-state index contributed by atoms with van der Waals surface area (Å²) in [5.74, 6) is 1.58. The van der Waals surface area contributed by atoms with Crippen LogP contribution in [0.1, 0.15) is 31.2 Å². The molecule has 0 saturated carbocycles. The molecule has 1 atom stereocenters. The molecule has 0 bridgehead atoms. The second-order valence-electron chi connectivity index (χ2n) is 8.25. The van der Waals surface area contributed by atoms with E-state index in [9.17, 15) is 0 Å². The summed E-state index contributed by atoms with van der Waals surface area (Å²) in [5, 5.41) is 5.00. The van der Waals surface area contributed by atoms with E-state index < -0.39 is 0 Å². The third-order valence-electron chi connectivity index (χ3n) is 6.23. The summed E-state index contributed by atoms with van der Waals surface area (Å²) < 4.78 is 18.5. The van der Waals surface area contributed by atoms with Gasteiger partial charge in [-0.15, -0.1) is 0 Å². The summed E-state index contributed by atoms with van der Waals surface area (Å²) in [6, 6.07) is 16.9. The van der Waals surface area contributed by atoms with Crippen LogP contribution in [0.2, 0.25) is 0 Å². The van der Waals surface area contributed by atoms with Crippen molar-refractivity contribution in [1.82, 2.24) is 14.7 Å². The number of rotatable bonds is 7. The fourth-order valence-corrected chi connectivity index (χ4v) is 4.59. The molecule has 31 heavy (non-hydrogen) atoms. The van der Waals surface area contributed by atoms with Gasteiger partial charge >= 0.3 is 0 Å². The lowest BCUT2D eigenvalue weighted by Gasteiger charge is -2.35. The molecule has 3 aromatic rings. The van der Waals surface area contributed by atoms with E-state index in [0.29, 0.717) is 6.04 Å². The SMILES string of the molecule is COCC[C@@H]1CCCCN1Cc1cn(-c2ccccc2)nc1-c1ccc2c(c1)OCO2. The molecular weight excluding hydrogens is 390 g/mol. The highest BCUT2D eigenvalue weighted by atomic mass is 16.7. The zero-order valence-corrected chi connectivity index (χ0v) is 18.0. The molecule has 162 valence electrons. The van der Waals surface area contributed by atoms with Crippen molar-refractivity contribution in [2.75, 3.05) is 27.1 Å². The summed E-state index contributed by atoms with van der Waals surface area (Å²) in [6.45, 7) is 3.08. The maximum atomic E-state index is 5.62. The van der Waals surface area contributed by atoms with Crippen LogP contribution in [-0.2, 0) is 11.3 Å². The maximum Gasteiger partial charge on any atom is 0.231 e. The monoisotopic (exact) mass is 419 g/mol. The van der Waals surface area contributed by atoms with Crippen molar-refractivity contribution in [2.45, 2.75) is 38.3 Å². The summed E-state index contributed by atoms with van der Waals surface area (Å²) in [4.78, 5) is 2.60. The molecule has 2 aliphatic rings. The van der Waals surface area contributed by atoms with Gasteiger partial charge in [-0.1, -0.05) is 24.6 Å². The molecule has 6 heteroatoms. The molecule has 1 aromatic heterocycles. The fraction of sp³-hybridized carbons (Fsp3) is 0.400. The number of methoxy groups -OCH3 is 1. The average Bonchev–Trinajstić information content (AvgIpc) is 3.45. The Hall–Kier alpha value is -2.83. The number of hydrogen-bond donors (Lipinski definition) is 0. The second-order valence-corrected chi connectivity index (χ2v) is 8.25. The minimum Gasteiger partial charge on any atom is -0.454 e. The molecule has 0 N–H and O–H groups in total. The summed E-state index contributed by atoms with van der Waals surface area (Å²) in [5.41, 5.74) is 4.34. The van der Waals surface area contributed by atoms with E-state index in [0.717, 1.165) is 54.6 Å².